The summed E-state index contributed by atoms with van der Waals surface area (Å²) in [5, 5.41) is 8.47. The summed E-state index contributed by atoms with van der Waals surface area (Å²) in [6, 6.07) is 8.53. The Bertz CT molecular complexity index is 379. The van der Waals surface area contributed by atoms with Gasteiger partial charge in [0, 0.05) is 13.0 Å². The minimum Gasteiger partial charge on any atom is -0.427 e. The van der Waals surface area contributed by atoms with Crippen LogP contribution in [0, 0.1) is 11.3 Å². The zero-order valence-electron chi connectivity index (χ0n) is 8.43. The topological polar surface area (TPSA) is 76.1 Å². The van der Waals surface area contributed by atoms with Crippen LogP contribution in [-0.4, -0.2) is 5.97 Å². The number of carbonyl (C=O) groups excluding carboxylic acids is 1. The molecule has 4 heteroatoms. The first kappa shape index (κ1) is 11.2. The Balaban J connectivity index is 2.72. The molecular weight excluding hydrogens is 192 g/mol. The van der Waals surface area contributed by atoms with Crippen LogP contribution in [0.15, 0.2) is 24.3 Å². The van der Waals surface area contributed by atoms with E-state index in [1.165, 1.54) is 6.92 Å². The standard InChI is InChI=1S/C11H12N2O2/c1-8(14)15-10-4-2-9(3-5-10)11(13)6-7-12/h2-5,11H,6,13H2,1H3/t11-/m1/s1. The molecule has 1 aromatic carbocycles. The van der Waals surface area contributed by atoms with E-state index in [1.807, 2.05) is 6.07 Å². The second kappa shape index (κ2) is 5.13. The van der Waals surface area contributed by atoms with Crippen LogP contribution in [0.1, 0.15) is 24.9 Å². The summed E-state index contributed by atoms with van der Waals surface area (Å²) in [7, 11) is 0. The fourth-order valence-electron chi connectivity index (χ4n) is 1.17. The molecule has 78 valence electrons. The Hall–Kier alpha value is -1.86. The van der Waals surface area contributed by atoms with E-state index < -0.39 is 0 Å². The quantitative estimate of drug-likeness (QED) is 0.598. The molecule has 0 aliphatic carbocycles. The summed E-state index contributed by atoms with van der Waals surface area (Å²) in [6.45, 7) is 1.34. The van der Waals surface area contributed by atoms with Crippen LogP contribution in [0.5, 0.6) is 5.75 Å². The van der Waals surface area contributed by atoms with Crippen LogP contribution in [0.2, 0.25) is 0 Å². The highest BCUT2D eigenvalue weighted by atomic mass is 16.5. The molecule has 0 aliphatic heterocycles. The normalized spacial score (nSPS) is 11.5. The van der Waals surface area contributed by atoms with Crippen molar-refractivity contribution < 1.29 is 9.53 Å². The summed E-state index contributed by atoms with van der Waals surface area (Å²) in [5.74, 6) is 0.125. The molecule has 0 aromatic heterocycles. The van der Waals surface area contributed by atoms with E-state index in [-0.39, 0.29) is 18.4 Å². The maximum Gasteiger partial charge on any atom is 0.308 e. The Morgan fingerprint density at radius 3 is 2.60 bits per heavy atom. The molecule has 0 radical (unpaired) electrons. The lowest BCUT2D eigenvalue weighted by Gasteiger charge is -2.08. The van der Waals surface area contributed by atoms with Crippen LogP contribution < -0.4 is 10.5 Å². The summed E-state index contributed by atoms with van der Waals surface area (Å²) in [6.07, 6.45) is 0.271. The van der Waals surface area contributed by atoms with Crippen molar-refractivity contribution in [2.24, 2.45) is 5.73 Å². The molecule has 0 aliphatic rings. The maximum absolute atomic E-state index is 10.6. The Morgan fingerprint density at radius 2 is 2.13 bits per heavy atom. The van der Waals surface area contributed by atoms with Crippen molar-refractivity contribution in [3.8, 4) is 11.8 Å². The van der Waals surface area contributed by atoms with E-state index >= 15 is 0 Å². The van der Waals surface area contributed by atoms with Crippen LogP contribution in [0.25, 0.3) is 0 Å². The molecule has 0 saturated carbocycles. The number of nitriles is 1. The molecule has 0 amide bonds. The summed E-state index contributed by atoms with van der Waals surface area (Å²) in [4.78, 5) is 10.6. The SMILES string of the molecule is CC(=O)Oc1ccc([C@H](N)CC#N)cc1. The first-order chi connectivity index (χ1) is 7.13. The monoisotopic (exact) mass is 204 g/mol. The summed E-state index contributed by atoms with van der Waals surface area (Å²) in [5.41, 5.74) is 6.58. The van der Waals surface area contributed by atoms with Crippen LogP contribution in [-0.2, 0) is 4.79 Å². The highest BCUT2D eigenvalue weighted by Gasteiger charge is 2.05. The maximum atomic E-state index is 10.6. The van der Waals surface area contributed by atoms with Gasteiger partial charge in [0.15, 0.2) is 0 Å². The van der Waals surface area contributed by atoms with Gasteiger partial charge in [-0.1, -0.05) is 12.1 Å². The van der Waals surface area contributed by atoms with E-state index in [1.54, 1.807) is 24.3 Å². The fourth-order valence-corrected chi connectivity index (χ4v) is 1.17. The van der Waals surface area contributed by atoms with Gasteiger partial charge >= 0.3 is 5.97 Å². The predicted molar refractivity (Wildman–Crippen MR) is 54.9 cm³/mol. The van der Waals surface area contributed by atoms with E-state index in [2.05, 4.69) is 0 Å². The third-order valence-corrected chi connectivity index (χ3v) is 1.88. The molecule has 1 atom stereocenters. The number of nitrogens with zero attached hydrogens (tertiary/aromatic N) is 1. The predicted octanol–water partition coefficient (Wildman–Crippen LogP) is 1.53. The average Bonchev–Trinajstić information content (AvgIpc) is 2.18. The van der Waals surface area contributed by atoms with Crippen molar-refractivity contribution in [2.45, 2.75) is 19.4 Å². The van der Waals surface area contributed by atoms with E-state index in [4.69, 9.17) is 15.7 Å². The minimum atomic E-state index is -0.357. The summed E-state index contributed by atoms with van der Waals surface area (Å²) < 4.78 is 4.86. The molecular formula is C11H12N2O2. The molecule has 4 nitrogen and oxygen atoms in total. The average molecular weight is 204 g/mol. The highest BCUT2D eigenvalue weighted by Crippen LogP contribution is 2.18. The number of benzene rings is 1. The van der Waals surface area contributed by atoms with Gasteiger partial charge in [-0.15, -0.1) is 0 Å². The van der Waals surface area contributed by atoms with Crippen molar-refractivity contribution in [2.75, 3.05) is 0 Å². The lowest BCUT2D eigenvalue weighted by molar-refractivity contribution is -0.131. The summed E-state index contributed by atoms with van der Waals surface area (Å²) >= 11 is 0. The fraction of sp³-hybridized carbons (Fsp3) is 0.273. The lowest BCUT2D eigenvalue weighted by Crippen LogP contribution is -2.09. The van der Waals surface area contributed by atoms with Gasteiger partial charge in [-0.25, -0.2) is 0 Å². The Morgan fingerprint density at radius 1 is 1.53 bits per heavy atom. The van der Waals surface area contributed by atoms with Gasteiger partial charge in [0.1, 0.15) is 5.75 Å². The second-order valence-corrected chi connectivity index (χ2v) is 3.13. The molecule has 0 heterocycles. The zero-order valence-corrected chi connectivity index (χ0v) is 8.43. The molecule has 15 heavy (non-hydrogen) atoms. The van der Waals surface area contributed by atoms with Crippen LogP contribution in [0.3, 0.4) is 0 Å². The van der Waals surface area contributed by atoms with Gasteiger partial charge in [-0.05, 0) is 17.7 Å². The smallest absolute Gasteiger partial charge is 0.308 e. The number of hydrogen-bond acceptors (Lipinski definition) is 4. The Kier molecular flexibility index (Phi) is 3.83. The molecule has 0 fully saturated rings. The van der Waals surface area contributed by atoms with E-state index in [0.717, 1.165) is 5.56 Å². The highest BCUT2D eigenvalue weighted by molar-refractivity contribution is 5.69. The number of hydrogen-bond donors (Lipinski definition) is 1. The van der Waals surface area contributed by atoms with Crippen LogP contribution >= 0.6 is 0 Å². The van der Waals surface area contributed by atoms with Gasteiger partial charge in [0.2, 0.25) is 0 Å². The number of nitrogens with two attached hydrogens (primary N) is 1. The van der Waals surface area contributed by atoms with Crippen molar-refractivity contribution >= 4 is 5.97 Å². The van der Waals surface area contributed by atoms with Gasteiger partial charge in [-0.3, -0.25) is 4.79 Å². The number of ether oxygens (including phenoxy) is 1. The lowest BCUT2D eigenvalue weighted by atomic mass is 10.1. The van der Waals surface area contributed by atoms with Gasteiger partial charge in [0.25, 0.3) is 0 Å². The van der Waals surface area contributed by atoms with E-state index in [9.17, 15) is 4.79 Å². The van der Waals surface area contributed by atoms with Gasteiger partial charge in [0.05, 0.1) is 12.5 Å². The third kappa shape index (κ3) is 3.41. The zero-order chi connectivity index (χ0) is 11.3. The molecule has 2 N–H and O–H groups in total. The van der Waals surface area contributed by atoms with E-state index in [0.29, 0.717) is 5.75 Å². The number of carbonyl (C=O) groups is 1. The first-order valence-electron chi connectivity index (χ1n) is 4.54. The molecule has 0 unspecified atom stereocenters. The molecule has 1 aromatic rings. The minimum absolute atomic E-state index is 0.271. The van der Waals surface area contributed by atoms with Crippen molar-refractivity contribution in [1.82, 2.24) is 0 Å². The van der Waals surface area contributed by atoms with Gasteiger partial charge < -0.3 is 10.5 Å². The molecule has 0 saturated heterocycles. The van der Waals surface area contributed by atoms with Crippen LogP contribution in [0.4, 0.5) is 0 Å². The van der Waals surface area contributed by atoms with Gasteiger partial charge in [-0.2, -0.15) is 5.26 Å². The van der Waals surface area contributed by atoms with Crippen molar-refractivity contribution in [1.29, 1.82) is 5.26 Å². The van der Waals surface area contributed by atoms with Crippen molar-refractivity contribution in [3.05, 3.63) is 29.8 Å². The largest absolute Gasteiger partial charge is 0.427 e. The number of esters is 1. The Labute approximate surface area is 88.3 Å². The molecule has 0 spiro atoms. The first-order valence-corrected chi connectivity index (χ1v) is 4.54. The second-order valence-electron chi connectivity index (χ2n) is 3.13. The van der Waals surface area contributed by atoms with Crippen molar-refractivity contribution in [3.63, 3.8) is 0 Å². The third-order valence-electron chi connectivity index (χ3n) is 1.88. The molecule has 1 rings (SSSR count). The number of rotatable bonds is 3. The molecule has 0 bridgehead atoms.